The third kappa shape index (κ3) is 2.13. The molecule has 0 bridgehead atoms. The van der Waals surface area contributed by atoms with Crippen LogP contribution in [0.2, 0.25) is 0 Å². The Kier molecular flexibility index (Phi) is 4.16. The predicted molar refractivity (Wildman–Crippen MR) is 104 cm³/mol. The number of carbonyl (C=O) groups is 2. The average Bonchev–Trinajstić information content (AvgIpc) is 2.88. The Morgan fingerprint density at radius 3 is 2.70 bits per heavy atom. The number of ketones is 2. The Morgan fingerprint density at radius 2 is 2.04 bits per heavy atom. The molecule has 0 heterocycles. The zero-order chi connectivity index (χ0) is 19.8. The standard InChI is InChI=1S/C21H24Cl2O4/c1-18-7-5-13(25)9-12(18)3-4-15-14-6-8-20(27,17(26)11-24)19(14,2)10-16(22)21(15,18)23/h3-5,7,9,14-16,24,27H,6,8,10-11H2,1-2H3/t14-,15-,16?,18-,19-,20-,21-/m0/s1. The molecule has 4 aliphatic carbocycles. The zero-order valence-corrected chi connectivity index (χ0v) is 16.9. The van der Waals surface area contributed by atoms with Gasteiger partial charge >= 0.3 is 0 Å². The zero-order valence-electron chi connectivity index (χ0n) is 15.4. The van der Waals surface area contributed by atoms with Gasteiger partial charge in [-0.05, 0) is 42.9 Å². The molecular formula is C21H24Cl2O4. The highest BCUT2D eigenvalue weighted by Gasteiger charge is 2.72. The van der Waals surface area contributed by atoms with Gasteiger partial charge < -0.3 is 10.2 Å². The number of allylic oxidation sites excluding steroid dienone is 6. The van der Waals surface area contributed by atoms with Gasteiger partial charge in [-0.25, -0.2) is 0 Å². The first kappa shape index (κ1) is 19.4. The normalized spacial score (nSPS) is 50.7. The van der Waals surface area contributed by atoms with Gasteiger partial charge in [-0.1, -0.05) is 32.1 Å². The summed E-state index contributed by atoms with van der Waals surface area (Å²) in [5.41, 5.74) is -2.13. The van der Waals surface area contributed by atoms with Gasteiger partial charge in [0.15, 0.2) is 11.6 Å². The molecule has 0 saturated heterocycles. The summed E-state index contributed by atoms with van der Waals surface area (Å²) in [7, 11) is 0. The highest BCUT2D eigenvalue weighted by Crippen LogP contribution is 2.70. The first-order chi connectivity index (χ1) is 12.5. The number of rotatable bonds is 2. The van der Waals surface area contributed by atoms with Gasteiger partial charge in [0, 0.05) is 16.7 Å². The maximum absolute atomic E-state index is 12.4. The lowest BCUT2D eigenvalue weighted by molar-refractivity contribution is -0.159. The van der Waals surface area contributed by atoms with Gasteiger partial charge in [-0.15, -0.1) is 23.2 Å². The van der Waals surface area contributed by atoms with Crippen molar-refractivity contribution in [3.63, 3.8) is 0 Å². The molecule has 4 aliphatic rings. The van der Waals surface area contributed by atoms with Crippen LogP contribution in [-0.4, -0.2) is 44.2 Å². The van der Waals surface area contributed by atoms with Crippen molar-refractivity contribution >= 4 is 34.8 Å². The van der Waals surface area contributed by atoms with Crippen molar-refractivity contribution in [2.75, 3.05) is 6.61 Å². The monoisotopic (exact) mass is 410 g/mol. The van der Waals surface area contributed by atoms with E-state index in [2.05, 4.69) is 0 Å². The fraction of sp³-hybridized carbons (Fsp3) is 0.619. The molecule has 0 radical (unpaired) electrons. The SMILES string of the molecule is C[C@]12C=CC(=O)C=C1C=C[C@H]1[C@@H]3CC[C@](O)(C(=O)CO)[C@@]3(C)CC(Cl)[C@@]12Cl. The molecule has 7 atom stereocenters. The Morgan fingerprint density at radius 1 is 1.33 bits per heavy atom. The van der Waals surface area contributed by atoms with Gasteiger partial charge in [0.05, 0.1) is 10.3 Å². The fourth-order valence-electron chi connectivity index (χ4n) is 6.20. The Hall–Kier alpha value is -0.940. The number of aliphatic hydroxyl groups is 2. The summed E-state index contributed by atoms with van der Waals surface area (Å²) in [4.78, 5) is 23.4. The maximum Gasteiger partial charge on any atom is 0.190 e. The molecule has 2 N–H and O–H groups in total. The van der Waals surface area contributed by atoms with Gasteiger partial charge in [-0.2, -0.15) is 0 Å². The lowest BCUT2D eigenvalue weighted by Gasteiger charge is -2.62. The quantitative estimate of drug-likeness (QED) is 0.686. The summed E-state index contributed by atoms with van der Waals surface area (Å²) in [6.45, 7) is 3.21. The summed E-state index contributed by atoms with van der Waals surface area (Å²) < 4.78 is 0. The van der Waals surface area contributed by atoms with Crippen molar-refractivity contribution in [3.05, 3.63) is 36.0 Å². The Balaban J connectivity index is 1.86. The lowest BCUT2D eigenvalue weighted by atomic mass is 9.48. The molecule has 4 rings (SSSR count). The van der Waals surface area contributed by atoms with Crippen molar-refractivity contribution in [2.24, 2.45) is 22.7 Å². The van der Waals surface area contributed by atoms with E-state index in [0.717, 1.165) is 5.57 Å². The van der Waals surface area contributed by atoms with E-state index < -0.39 is 39.1 Å². The van der Waals surface area contributed by atoms with Crippen molar-refractivity contribution in [3.8, 4) is 0 Å². The van der Waals surface area contributed by atoms with Crippen molar-refractivity contribution in [2.45, 2.75) is 49.0 Å². The number of aliphatic hydroxyl groups excluding tert-OH is 1. The molecule has 146 valence electrons. The largest absolute Gasteiger partial charge is 0.388 e. The minimum atomic E-state index is -1.60. The number of Topliss-reactive ketones (excluding diaryl/α,β-unsaturated/α-hetero) is 1. The van der Waals surface area contributed by atoms with Gasteiger partial charge in [-0.3, -0.25) is 9.59 Å². The number of hydrogen-bond donors (Lipinski definition) is 2. The summed E-state index contributed by atoms with van der Waals surface area (Å²) in [5, 5.41) is 20.1. The second-order valence-corrected chi connectivity index (χ2v) is 10.0. The smallest absolute Gasteiger partial charge is 0.190 e. The van der Waals surface area contributed by atoms with Crippen LogP contribution in [0.15, 0.2) is 36.0 Å². The van der Waals surface area contributed by atoms with Crippen LogP contribution in [0.25, 0.3) is 0 Å². The summed E-state index contributed by atoms with van der Waals surface area (Å²) >= 11 is 14.2. The highest BCUT2D eigenvalue weighted by molar-refractivity contribution is 6.34. The minimum Gasteiger partial charge on any atom is -0.388 e. The molecule has 1 unspecified atom stereocenters. The van der Waals surface area contributed by atoms with Crippen LogP contribution in [0.4, 0.5) is 0 Å². The number of carbonyl (C=O) groups excluding carboxylic acids is 2. The van der Waals surface area contributed by atoms with Gasteiger partial charge in [0.2, 0.25) is 0 Å². The molecule has 0 spiro atoms. The highest BCUT2D eigenvalue weighted by atomic mass is 35.5. The van der Waals surface area contributed by atoms with Gasteiger partial charge in [0.25, 0.3) is 0 Å². The van der Waals surface area contributed by atoms with Crippen LogP contribution in [0, 0.1) is 22.7 Å². The molecule has 0 amide bonds. The Bertz CT molecular complexity index is 817. The molecule has 2 saturated carbocycles. The van der Waals surface area contributed by atoms with E-state index in [1.54, 1.807) is 12.2 Å². The van der Waals surface area contributed by atoms with E-state index in [4.69, 9.17) is 23.2 Å². The first-order valence-electron chi connectivity index (χ1n) is 9.38. The molecular weight excluding hydrogens is 387 g/mol. The predicted octanol–water partition coefficient (Wildman–Crippen LogP) is 2.94. The van der Waals surface area contributed by atoms with Crippen LogP contribution < -0.4 is 0 Å². The van der Waals surface area contributed by atoms with E-state index >= 15 is 0 Å². The molecule has 0 aromatic heterocycles. The minimum absolute atomic E-state index is 0.0499. The molecule has 6 heteroatoms. The van der Waals surface area contributed by atoms with E-state index in [9.17, 15) is 19.8 Å². The van der Waals surface area contributed by atoms with Crippen LogP contribution in [0.1, 0.15) is 33.1 Å². The maximum atomic E-state index is 12.4. The first-order valence-corrected chi connectivity index (χ1v) is 10.2. The molecule has 0 aromatic carbocycles. The van der Waals surface area contributed by atoms with Crippen molar-refractivity contribution < 1.29 is 19.8 Å². The molecule has 27 heavy (non-hydrogen) atoms. The third-order valence-corrected chi connectivity index (χ3v) is 9.44. The van der Waals surface area contributed by atoms with E-state index in [1.807, 2.05) is 32.1 Å². The average molecular weight is 411 g/mol. The molecule has 4 nitrogen and oxygen atoms in total. The molecule has 0 aromatic rings. The van der Waals surface area contributed by atoms with Crippen LogP contribution in [-0.2, 0) is 9.59 Å². The van der Waals surface area contributed by atoms with Crippen LogP contribution >= 0.6 is 23.2 Å². The van der Waals surface area contributed by atoms with Crippen LogP contribution in [0.3, 0.4) is 0 Å². The van der Waals surface area contributed by atoms with E-state index in [0.29, 0.717) is 19.3 Å². The van der Waals surface area contributed by atoms with Crippen molar-refractivity contribution in [1.29, 1.82) is 0 Å². The number of fused-ring (bicyclic) bond motifs is 5. The summed E-state index contributed by atoms with van der Waals surface area (Å²) in [6, 6.07) is 0. The summed E-state index contributed by atoms with van der Waals surface area (Å²) in [6.07, 6.45) is 10.2. The van der Waals surface area contributed by atoms with E-state index in [-0.39, 0.29) is 17.6 Å². The number of hydrogen-bond acceptors (Lipinski definition) is 4. The lowest BCUT2D eigenvalue weighted by Crippen LogP contribution is -2.66. The van der Waals surface area contributed by atoms with Crippen LogP contribution in [0.5, 0.6) is 0 Å². The number of halogens is 2. The van der Waals surface area contributed by atoms with E-state index in [1.165, 1.54) is 0 Å². The van der Waals surface area contributed by atoms with Crippen molar-refractivity contribution in [1.82, 2.24) is 0 Å². The fourth-order valence-corrected chi connectivity index (χ4v) is 7.37. The molecule has 2 fully saturated rings. The second kappa shape index (κ2) is 5.79. The summed E-state index contributed by atoms with van der Waals surface area (Å²) in [5.74, 6) is -0.832. The second-order valence-electron chi connectivity index (χ2n) is 8.87. The van der Waals surface area contributed by atoms with Gasteiger partial charge in [0.1, 0.15) is 12.2 Å². The molecule has 0 aliphatic heterocycles. The number of alkyl halides is 2. The topological polar surface area (TPSA) is 74.6 Å². The third-order valence-electron chi connectivity index (χ3n) is 7.92. The Labute approximate surface area is 168 Å².